The Labute approximate surface area is 114 Å². The number of nitrogens with zero attached hydrogens (tertiary/aromatic N) is 3. The molecule has 6 nitrogen and oxygen atoms in total. The van der Waals surface area contributed by atoms with Crippen molar-refractivity contribution in [3.63, 3.8) is 0 Å². The third-order valence-corrected chi connectivity index (χ3v) is 2.81. The fraction of sp³-hybridized carbons (Fsp3) is 0.154. The van der Waals surface area contributed by atoms with E-state index in [0.29, 0.717) is 5.56 Å². The highest BCUT2D eigenvalue weighted by Crippen LogP contribution is 2.15. The van der Waals surface area contributed by atoms with Gasteiger partial charge in [0.2, 0.25) is 0 Å². The first-order valence-electron chi connectivity index (χ1n) is 5.75. The molecule has 0 unspecified atom stereocenters. The summed E-state index contributed by atoms with van der Waals surface area (Å²) in [5.41, 5.74) is 6.57. The Kier molecular flexibility index (Phi) is 3.66. The van der Waals surface area contributed by atoms with Gasteiger partial charge < -0.3 is 10.6 Å². The van der Waals surface area contributed by atoms with Gasteiger partial charge in [-0.3, -0.25) is 9.89 Å². The van der Waals surface area contributed by atoms with Crippen LogP contribution in [-0.2, 0) is 6.54 Å². The molecule has 20 heavy (non-hydrogen) atoms. The Hall–Kier alpha value is -2.88. The molecule has 7 heteroatoms. The summed E-state index contributed by atoms with van der Waals surface area (Å²) in [7, 11) is 1.51. The standard InChI is InChI=1S/C13H12FN5O/c1-19(13(20)12-11(16)6-17-18-12)7-9-4-8(5-15)2-3-10(9)14/h2-4,6H,7,16H2,1H3,(H,17,18). The van der Waals surface area contributed by atoms with Gasteiger partial charge in [0.25, 0.3) is 5.91 Å². The van der Waals surface area contributed by atoms with E-state index in [0.717, 1.165) is 0 Å². The number of nitrogen functional groups attached to an aromatic ring is 1. The molecular weight excluding hydrogens is 261 g/mol. The van der Waals surface area contributed by atoms with Gasteiger partial charge in [-0.15, -0.1) is 0 Å². The molecule has 0 saturated carbocycles. The van der Waals surface area contributed by atoms with E-state index in [1.165, 1.54) is 36.3 Å². The molecule has 1 aromatic heterocycles. The molecule has 0 aliphatic rings. The monoisotopic (exact) mass is 273 g/mol. The molecule has 0 fully saturated rings. The summed E-state index contributed by atoms with van der Waals surface area (Å²) in [4.78, 5) is 13.4. The number of aromatic nitrogens is 2. The average molecular weight is 273 g/mol. The van der Waals surface area contributed by atoms with Gasteiger partial charge in [0, 0.05) is 19.2 Å². The van der Waals surface area contributed by atoms with E-state index in [1.807, 2.05) is 6.07 Å². The van der Waals surface area contributed by atoms with E-state index < -0.39 is 11.7 Å². The molecule has 0 aliphatic heterocycles. The van der Waals surface area contributed by atoms with Crippen LogP contribution in [0.2, 0.25) is 0 Å². The van der Waals surface area contributed by atoms with Gasteiger partial charge in [-0.1, -0.05) is 0 Å². The van der Waals surface area contributed by atoms with Crippen molar-refractivity contribution in [1.29, 1.82) is 5.26 Å². The Bertz CT molecular complexity index is 688. The van der Waals surface area contributed by atoms with Crippen LogP contribution in [-0.4, -0.2) is 28.1 Å². The lowest BCUT2D eigenvalue weighted by Gasteiger charge is -2.17. The van der Waals surface area contributed by atoms with E-state index in [-0.39, 0.29) is 23.5 Å². The fourth-order valence-electron chi connectivity index (χ4n) is 1.75. The first-order valence-corrected chi connectivity index (χ1v) is 5.75. The second-order valence-corrected chi connectivity index (χ2v) is 4.28. The van der Waals surface area contributed by atoms with Gasteiger partial charge in [-0.05, 0) is 18.2 Å². The molecule has 0 spiro atoms. The van der Waals surface area contributed by atoms with Crippen molar-refractivity contribution >= 4 is 11.6 Å². The van der Waals surface area contributed by atoms with Crippen molar-refractivity contribution in [2.24, 2.45) is 0 Å². The van der Waals surface area contributed by atoms with Gasteiger partial charge in [0.05, 0.1) is 23.5 Å². The molecule has 1 heterocycles. The maximum absolute atomic E-state index is 13.7. The fourth-order valence-corrected chi connectivity index (χ4v) is 1.75. The quantitative estimate of drug-likeness (QED) is 0.879. The van der Waals surface area contributed by atoms with Crippen molar-refractivity contribution in [2.75, 3.05) is 12.8 Å². The summed E-state index contributed by atoms with van der Waals surface area (Å²) in [6, 6.07) is 5.93. The summed E-state index contributed by atoms with van der Waals surface area (Å²) >= 11 is 0. The number of H-pyrrole nitrogens is 1. The Morgan fingerprint density at radius 2 is 2.35 bits per heavy atom. The van der Waals surface area contributed by atoms with Crippen molar-refractivity contribution in [3.05, 3.63) is 47.0 Å². The zero-order chi connectivity index (χ0) is 14.7. The molecule has 1 amide bonds. The number of hydrogen-bond donors (Lipinski definition) is 2. The van der Waals surface area contributed by atoms with Gasteiger partial charge in [-0.25, -0.2) is 4.39 Å². The number of rotatable bonds is 3. The molecule has 2 aromatic rings. The number of nitriles is 1. The molecular formula is C13H12FN5O. The number of hydrogen-bond acceptors (Lipinski definition) is 4. The van der Waals surface area contributed by atoms with Crippen LogP contribution in [0.3, 0.4) is 0 Å². The largest absolute Gasteiger partial charge is 0.396 e. The number of benzene rings is 1. The number of nitrogens with two attached hydrogens (primary N) is 1. The zero-order valence-electron chi connectivity index (χ0n) is 10.7. The van der Waals surface area contributed by atoms with Crippen molar-refractivity contribution in [1.82, 2.24) is 15.1 Å². The van der Waals surface area contributed by atoms with Crippen LogP contribution in [0, 0.1) is 17.1 Å². The Morgan fingerprint density at radius 3 is 2.95 bits per heavy atom. The highest BCUT2D eigenvalue weighted by Gasteiger charge is 2.18. The maximum Gasteiger partial charge on any atom is 0.274 e. The number of halogens is 1. The van der Waals surface area contributed by atoms with Crippen LogP contribution >= 0.6 is 0 Å². The average Bonchev–Trinajstić information content (AvgIpc) is 2.86. The molecule has 102 valence electrons. The predicted molar refractivity (Wildman–Crippen MR) is 69.9 cm³/mol. The lowest BCUT2D eigenvalue weighted by Crippen LogP contribution is -2.27. The maximum atomic E-state index is 13.7. The number of carbonyl (C=O) groups excluding carboxylic acids is 1. The summed E-state index contributed by atoms with van der Waals surface area (Å²) in [5, 5.41) is 15.0. The first-order chi connectivity index (χ1) is 9.52. The summed E-state index contributed by atoms with van der Waals surface area (Å²) in [5.74, 6) is -0.872. The van der Waals surface area contributed by atoms with Crippen molar-refractivity contribution in [2.45, 2.75) is 6.54 Å². The lowest BCUT2D eigenvalue weighted by molar-refractivity contribution is 0.0779. The second-order valence-electron chi connectivity index (χ2n) is 4.28. The van der Waals surface area contributed by atoms with Crippen LogP contribution < -0.4 is 5.73 Å². The first kappa shape index (κ1) is 13.5. The molecule has 0 bridgehead atoms. The number of amides is 1. The predicted octanol–water partition coefficient (Wildman–Crippen LogP) is 1.27. The van der Waals surface area contributed by atoms with Crippen LogP contribution in [0.1, 0.15) is 21.6 Å². The third-order valence-electron chi connectivity index (χ3n) is 2.81. The number of aromatic amines is 1. The van der Waals surface area contributed by atoms with Gasteiger partial charge in [0.15, 0.2) is 0 Å². The minimum Gasteiger partial charge on any atom is -0.396 e. The zero-order valence-corrected chi connectivity index (χ0v) is 10.7. The Balaban J connectivity index is 2.20. The molecule has 0 saturated heterocycles. The minimum atomic E-state index is -0.471. The highest BCUT2D eigenvalue weighted by atomic mass is 19.1. The van der Waals surface area contributed by atoms with Crippen molar-refractivity contribution < 1.29 is 9.18 Å². The van der Waals surface area contributed by atoms with Crippen LogP contribution in [0.5, 0.6) is 0 Å². The van der Waals surface area contributed by atoms with Gasteiger partial charge in [0.1, 0.15) is 11.5 Å². The number of anilines is 1. The van der Waals surface area contributed by atoms with Crippen LogP contribution in [0.4, 0.5) is 10.1 Å². The van der Waals surface area contributed by atoms with E-state index in [2.05, 4.69) is 10.2 Å². The molecule has 0 atom stereocenters. The lowest BCUT2D eigenvalue weighted by atomic mass is 10.1. The molecule has 0 radical (unpaired) electrons. The molecule has 1 aromatic carbocycles. The van der Waals surface area contributed by atoms with Gasteiger partial charge >= 0.3 is 0 Å². The SMILES string of the molecule is CN(Cc1cc(C#N)ccc1F)C(=O)c1[nH]ncc1N. The molecule has 0 aliphatic carbocycles. The number of nitrogens with one attached hydrogen (secondary N) is 1. The van der Waals surface area contributed by atoms with E-state index in [1.54, 1.807) is 0 Å². The van der Waals surface area contributed by atoms with Gasteiger partial charge in [-0.2, -0.15) is 10.4 Å². The highest BCUT2D eigenvalue weighted by molar-refractivity contribution is 5.96. The smallest absolute Gasteiger partial charge is 0.274 e. The second kappa shape index (κ2) is 5.40. The van der Waals surface area contributed by atoms with Crippen molar-refractivity contribution in [3.8, 4) is 6.07 Å². The van der Waals surface area contributed by atoms with Crippen LogP contribution in [0.15, 0.2) is 24.4 Å². The third kappa shape index (κ3) is 2.59. The number of carbonyl (C=O) groups is 1. The summed E-state index contributed by atoms with van der Waals surface area (Å²) in [6.07, 6.45) is 1.33. The minimum absolute atomic E-state index is 0.0264. The Morgan fingerprint density at radius 1 is 1.60 bits per heavy atom. The van der Waals surface area contributed by atoms with E-state index >= 15 is 0 Å². The summed E-state index contributed by atoms with van der Waals surface area (Å²) in [6.45, 7) is 0.0264. The van der Waals surface area contributed by atoms with Crippen LogP contribution in [0.25, 0.3) is 0 Å². The van der Waals surface area contributed by atoms with E-state index in [4.69, 9.17) is 11.0 Å². The molecule has 2 rings (SSSR count). The molecule has 3 N–H and O–H groups in total. The topological polar surface area (TPSA) is 98.8 Å². The summed E-state index contributed by atoms with van der Waals surface area (Å²) < 4.78 is 13.7. The normalized spacial score (nSPS) is 10.1. The van der Waals surface area contributed by atoms with E-state index in [9.17, 15) is 9.18 Å².